The van der Waals surface area contributed by atoms with Crippen molar-refractivity contribution in [2.75, 3.05) is 44.2 Å². The van der Waals surface area contributed by atoms with Crippen molar-refractivity contribution in [2.24, 2.45) is 13.0 Å². The fraction of sp³-hybridized carbons (Fsp3) is 0.500. The quantitative estimate of drug-likeness (QED) is 0.678. The number of thiophene rings is 1. The number of hydrogen-bond donors (Lipinski definition) is 0. The third-order valence-electron chi connectivity index (χ3n) is 5.50. The maximum Gasteiger partial charge on any atom is 0.268 e. The van der Waals surface area contributed by atoms with E-state index in [1.165, 1.54) is 26.4 Å². The van der Waals surface area contributed by atoms with E-state index < -0.39 is 10.0 Å². The number of carbonyl (C=O) groups is 1. The van der Waals surface area contributed by atoms with E-state index in [4.69, 9.17) is 0 Å². The molecule has 2 aliphatic heterocycles. The SMILES string of the molecule is Cn1ncc(N2CCC(C(=O)N3CCN(S(=O)(=O)c4cccs4)CC3)C2)cc1=O. The van der Waals surface area contributed by atoms with Crippen LogP contribution < -0.4 is 10.5 Å². The van der Waals surface area contributed by atoms with Gasteiger partial charge in [-0.15, -0.1) is 11.3 Å². The van der Waals surface area contributed by atoms with Crippen molar-refractivity contribution in [3.63, 3.8) is 0 Å². The number of hydrogen-bond acceptors (Lipinski definition) is 7. The van der Waals surface area contributed by atoms with Crippen LogP contribution in [0.2, 0.25) is 0 Å². The molecule has 0 N–H and O–H groups in total. The average Bonchev–Trinajstić information content (AvgIpc) is 3.42. The summed E-state index contributed by atoms with van der Waals surface area (Å²) in [6, 6.07) is 4.87. The molecule has 1 amide bonds. The zero-order valence-corrected chi connectivity index (χ0v) is 17.7. The number of piperazine rings is 1. The monoisotopic (exact) mass is 437 g/mol. The molecule has 2 saturated heterocycles. The Kier molecular flexibility index (Phi) is 5.45. The lowest BCUT2D eigenvalue weighted by Gasteiger charge is -2.35. The topological polar surface area (TPSA) is 95.8 Å². The lowest BCUT2D eigenvalue weighted by atomic mass is 10.1. The Balaban J connectivity index is 1.35. The molecule has 11 heteroatoms. The summed E-state index contributed by atoms with van der Waals surface area (Å²) in [5.41, 5.74) is 0.551. The third-order valence-corrected chi connectivity index (χ3v) is 8.77. The number of sulfonamides is 1. The van der Waals surface area contributed by atoms with Crippen molar-refractivity contribution in [2.45, 2.75) is 10.6 Å². The summed E-state index contributed by atoms with van der Waals surface area (Å²) >= 11 is 1.21. The Morgan fingerprint density at radius 1 is 1.21 bits per heavy atom. The van der Waals surface area contributed by atoms with Crippen LogP contribution in [0.15, 0.2) is 38.8 Å². The molecule has 0 aliphatic carbocycles. The van der Waals surface area contributed by atoms with Gasteiger partial charge in [0.1, 0.15) is 4.21 Å². The highest BCUT2D eigenvalue weighted by Crippen LogP contribution is 2.26. The molecule has 2 fully saturated rings. The first-order valence-corrected chi connectivity index (χ1v) is 11.8. The maximum atomic E-state index is 12.9. The van der Waals surface area contributed by atoms with Gasteiger partial charge in [-0.05, 0) is 17.9 Å². The summed E-state index contributed by atoms with van der Waals surface area (Å²) in [6.07, 6.45) is 2.35. The van der Waals surface area contributed by atoms with Crippen molar-refractivity contribution in [3.05, 3.63) is 40.1 Å². The Labute approximate surface area is 173 Å². The van der Waals surface area contributed by atoms with Gasteiger partial charge in [-0.25, -0.2) is 13.1 Å². The molecule has 4 rings (SSSR count). The van der Waals surface area contributed by atoms with Crippen molar-refractivity contribution in [1.29, 1.82) is 0 Å². The maximum absolute atomic E-state index is 12.9. The highest BCUT2D eigenvalue weighted by atomic mass is 32.2. The summed E-state index contributed by atoms with van der Waals surface area (Å²) in [4.78, 5) is 28.5. The van der Waals surface area contributed by atoms with Gasteiger partial charge in [0.25, 0.3) is 15.6 Å². The van der Waals surface area contributed by atoms with Crippen molar-refractivity contribution in [1.82, 2.24) is 19.0 Å². The number of aromatic nitrogens is 2. The largest absolute Gasteiger partial charge is 0.369 e. The highest BCUT2D eigenvalue weighted by Gasteiger charge is 2.35. The van der Waals surface area contributed by atoms with Crippen LogP contribution in [0.3, 0.4) is 0 Å². The van der Waals surface area contributed by atoms with E-state index in [1.54, 1.807) is 35.7 Å². The second-order valence-corrected chi connectivity index (χ2v) is 10.4. The highest BCUT2D eigenvalue weighted by molar-refractivity contribution is 7.91. The zero-order chi connectivity index (χ0) is 20.6. The molecule has 0 bridgehead atoms. The Morgan fingerprint density at radius 2 is 1.97 bits per heavy atom. The van der Waals surface area contributed by atoms with E-state index >= 15 is 0 Å². The van der Waals surface area contributed by atoms with Crippen LogP contribution in [0.4, 0.5) is 5.69 Å². The summed E-state index contributed by atoms with van der Waals surface area (Å²) < 4.78 is 28.3. The number of aryl methyl sites for hydroxylation is 1. The summed E-state index contributed by atoms with van der Waals surface area (Å²) in [6.45, 7) is 2.64. The number of amides is 1. The molecule has 2 aromatic heterocycles. The number of anilines is 1. The van der Waals surface area contributed by atoms with Gasteiger partial charge < -0.3 is 9.80 Å². The molecular weight excluding hydrogens is 414 g/mol. The molecule has 2 aliphatic rings. The van der Waals surface area contributed by atoms with Crippen LogP contribution in [0.5, 0.6) is 0 Å². The van der Waals surface area contributed by atoms with Gasteiger partial charge >= 0.3 is 0 Å². The van der Waals surface area contributed by atoms with E-state index in [0.717, 1.165) is 5.69 Å². The van der Waals surface area contributed by atoms with Crippen LogP contribution in [-0.2, 0) is 21.9 Å². The average molecular weight is 438 g/mol. The normalized spacial score (nSPS) is 20.9. The lowest BCUT2D eigenvalue weighted by Crippen LogP contribution is -2.52. The minimum absolute atomic E-state index is 0.0532. The van der Waals surface area contributed by atoms with Crippen LogP contribution in [0.25, 0.3) is 0 Å². The standard InChI is InChI=1S/C18H23N5O4S2/c1-20-16(24)11-15(12-19-20)22-5-4-14(13-22)18(25)21-6-8-23(9-7-21)29(26,27)17-3-2-10-28-17/h2-3,10-12,14H,4-9,13H2,1H3. The minimum Gasteiger partial charge on any atom is -0.369 e. The van der Waals surface area contributed by atoms with Gasteiger partial charge in [-0.2, -0.15) is 9.40 Å². The van der Waals surface area contributed by atoms with Crippen LogP contribution in [0.1, 0.15) is 6.42 Å². The van der Waals surface area contributed by atoms with Crippen LogP contribution in [0, 0.1) is 5.92 Å². The van der Waals surface area contributed by atoms with E-state index in [9.17, 15) is 18.0 Å². The molecule has 156 valence electrons. The first kappa shape index (κ1) is 20.0. The predicted octanol–water partition coefficient (Wildman–Crippen LogP) is 0.201. The fourth-order valence-corrected chi connectivity index (χ4v) is 6.34. The molecular formula is C18H23N5O4S2. The van der Waals surface area contributed by atoms with Crippen LogP contribution >= 0.6 is 11.3 Å². The third kappa shape index (κ3) is 3.94. The molecule has 29 heavy (non-hydrogen) atoms. The van der Waals surface area contributed by atoms with Gasteiger partial charge in [0.2, 0.25) is 5.91 Å². The molecule has 1 unspecified atom stereocenters. The molecule has 0 radical (unpaired) electrons. The Bertz CT molecular complexity index is 1040. The number of carbonyl (C=O) groups excluding carboxylic acids is 1. The minimum atomic E-state index is -3.47. The zero-order valence-electron chi connectivity index (χ0n) is 16.1. The lowest BCUT2D eigenvalue weighted by molar-refractivity contribution is -0.136. The van der Waals surface area contributed by atoms with E-state index in [-0.39, 0.29) is 17.4 Å². The van der Waals surface area contributed by atoms with Gasteiger partial charge in [0.15, 0.2) is 0 Å². The number of rotatable bonds is 4. The van der Waals surface area contributed by atoms with E-state index in [2.05, 4.69) is 5.10 Å². The summed E-state index contributed by atoms with van der Waals surface area (Å²) in [5.74, 6) is -0.100. The molecule has 0 spiro atoms. The van der Waals surface area contributed by atoms with Gasteiger partial charge in [-0.1, -0.05) is 6.07 Å². The Morgan fingerprint density at radius 3 is 2.62 bits per heavy atom. The molecule has 2 aromatic rings. The van der Waals surface area contributed by atoms with Gasteiger partial charge in [0, 0.05) is 52.4 Å². The summed E-state index contributed by atoms with van der Waals surface area (Å²) in [7, 11) is -1.87. The van der Waals surface area contributed by atoms with Crippen molar-refractivity contribution < 1.29 is 13.2 Å². The Hall–Kier alpha value is -2.24. The number of nitrogens with zero attached hydrogens (tertiary/aromatic N) is 5. The molecule has 9 nitrogen and oxygen atoms in total. The summed E-state index contributed by atoms with van der Waals surface area (Å²) in [5, 5.41) is 5.79. The van der Waals surface area contributed by atoms with Crippen molar-refractivity contribution >= 4 is 33.0 Å². The van der Waals surface area contributed by atoms with Crippen LogP contribution in [-0.4, -0.2) is 72.6 Å². The fourth-order valence-electron chi connectivity index (χ4n) is 3.77. The smallest absolute Gasteiger partial charge is 0.268 e. The molecule has 4 heterocycles. The molecule has 0 aromatic carbocycles. The molecule has 1 atom stereocenters. The molecule has 0 saturated carbocycles. The van der Waals surface area contributed by atoms with Crippen molar-refractivity contribution in [3.8, 4) is 0 Å². The predicted molar refractivity (Wildman–Crippen MR) is 109 cm³/mol. The van der Waals surface area contributed by atoms with Gasteiger partial charge in [0.05, 0.1) is 17.8 Å². The second-order valence-electron chi connectivity index (χ2n) is 7.27. The first-order valence-electron chi connectivity index (χ1n) is 9.47. The van der Waals surface area contributed by atoms with E-state index in [1.807, 2.05) is 4.90 Å². The van der Waals surface area contributed by atoms with E-state index in [0.29, 0.717) is 49.9 Å². The second kappa shape index (κ2) is 7.88. The first-order chi connectivity index (χ1) is 13.9. The van der Waals surface area contributed by atoms with Gasteiger partial charge in [-0.3, -0.25) is 9.59 Å².